The van der Waals surface area contributed by atoms with Crippen LogP contribution < -0.4 is 5.48 Å². The van der Waals surface area contributed by atoms with Gasteiger partial charge in [-0.1, -0.05) is 0 Å². The number of nitrogens with one attached hydrogen (secondary N) is 1. The first-order valence-electron chi connectivity index (χ1n) is 3.44. The first-order chi connectivity index (χ1) is 6.54. The zero-order chi connectivity index (χ0) is 10.7. The van der Waals surface area contributed by atoms with Gasteiger partial charge >= 0.3 is 0 Å². The van der Waals surface area contributed by atoms with Crippen molar-refractivity contribution in [1.29, 1.82) is 0 Å². The molecule has 2 N–H and O–H groups in total. The van der Waals surface area contributed by atoms with Gasteiger partial charge in [-0.15, -0.1) is 0 Å². The molecular formula is C7H5FN2O4. The Hall–Kier alpha value is -2.02. The number of hydrogen-bond acceptors (Lipinski definition) is 4. The number of amides is 1. The lowest BCUT2D eigenvalue weighted by Crippen LogP contribution is -2.18. The summed E-state index contributed by atoms with van der Waals surface area (Å²) in [5, 5.41) is 18.5. The highest BCUT2D eigenvalue weighted by Crippen LogP contribution is 2.15. The van der Waals surface area contributed by atoms with E-state index >= 15 is 0 Å². The van der Waals surface area contributed by atoms with Gasteiger partial charge in [-0.3, -0.25) is 20.1 Å². The molecule has 6 nitrogen and oxygen atoms in total. The number of halogens is 1. The number of hydrogen-bond donors (Lipinski definition) is 2. The van der Waals surface area contributed by atoms with Gasteiger partial charge in [0.05, 0.1) is 16.6 Å². The standard InChI is InChI=1S/C7H5FN2O4/c8-5-1-4(7(11)9-12)2-6(3-5)10(13)14/h1-3,12H,(H,9,11). The quantitative estimate of drug-likeness (QED) is 0.420. The molecule has 0 aliphatic rings. The highest BCUT2D eigenvalue weighted by molar-refractivity contribution is 5.93. The molecule has 0 saturated heterocycles. The van der Waals surface area contributed by atoms with Crippen molar-refractivity contribution in [2.75, 3.05) is 0 Å². The average Bonchev–Trinajstić information content (AvgIpc) is 2.15. The molecule has 0 aliphatic carbocycles. The molecule has 7 heteroatoms. The fraction of sp³-hybridized carbons (Fsp3) is 0. The zero-order valence-corrected chi connectivity index (χ0v) is 6.73. The third-order valence-electron chi connectivity index (χ3n) is 1.46. The van der Waals surface area contributed by atoms with Crippen molar-refractivity contribution < 1.29 is 19.3 Å². The summed E-state index contributed by atoms with van der Waals surface area (Å²) in [6.45, 7) is 0. The third kappa shape index (κ3) is 2.02. The van der Waals surface area contributed by atoms with E-state index < -0.39 is 22.3 Å². The number of carbonyl (C=O) groups excluding carboxylic acids is 1. The highest BCUT2D eigenvalue weighted by Gasteiger charge is 2.13. The van der Waals surface area contributed by atoms with Gasteiger partial charge in [0.15, 0.2) is 0 Å². The van der Waals surface area contributed by atoms with Crippen LogP contribution in [0.15, 0.2) is 18.2 Å². The van der Waals surface area contributed by atoms with Crippen molar-refractivity contribution in [3.63, 3.8) is 0 Å². The summed E-state index contributed by atoms with van der Waals surface area (Å²) in [6.07, 6.45) is 0. The predicted octanol–water partition coefficient (Wildman–Crippen LogP) is 0.853. The zero-order valence-electron chi connectivity index (χ0n) is 6.73. The molecule has 0 spiro atoms. The van der Waals surface area contributed by atoms with Gasteiger partial charge in [-0.2, -0.15) is 0 Å². The summed E-state index contributed by atoms with van der Waals surface area (Å²) in [7, 11) is 0. The van der Waals surface area contributed by atoms with Crippen LogP contribution in [-0.4, -0.2) is 16.0 Å². The van der Waals surface area contributed by atoms with E-state index in [9.17, 15) is 19.3 Å². The molecule has 0 bridgehead atoms. The summed E-state index contributed by atoms with van der Waals surface area (Å²) >= 11 is 0. The summed E-state index contributed by atoms with van der Waals surface area (Å²) < 4.78 is 12.7. The Morgan fingerprint density at radius 3 is 2.64 bits per heavy atom. The van der Waals surface area contributed by atoms with Gasteiger partial charge in [0, 0.05) is 6.07 Å². The number of nitro groups is 1. The van der Waals surface area contributed by atoms with Crippen molar-refractivity contribution in [3.05, 3.63) is 39.7 Å². The topological polar surface area (TPSA) is 92.5 Å². The van der Waals surface area contributed by atoms with E-state index in [2.05, 4.69) is 0 Å². The normalized spacial score (nSPS) is 9.57. The fourth-order valence-corrected chi connectivity index (χ4v) is 0.875. The number of rotatable bonds is 2. The average molecular weight is 200 g/mol. The number of nitro benzene ring substituents is 1. The molecule has 0 unspecified atom stereocenters. The van der Waals surface area contributed by atoms with Gasteiger partial charge in [-0.05, 0) is 6.07 Å². The lowest BCUT2D eigenvalue weighted by atomic mass is 10.2. The molecule has 1 rings (SSSR count). The molecule has 0 radical (unpaired) electrons. The first-order valence-corrected chi connectivity index (χ1v) is 3.44. The Labute approximate surface area is 77.1 Å². The van der Waals surface area contributed by atoms with Crippen molar-refractivity contribution in [3.8, 4) is 0 Å². The van der Waals surface area contributed by atoms with E-state index in [1.165, 1.54) is 5.48 Å². The number of non-ortho nitro benzene ring substituents is 1. The smallest absolute Gasteiger partial charge is 0.274 e. The molecule has 1 aromatic rings. The third-order valence-corrected chi connectivity index (χ3v) is 1.46. The minimum absolute atomic E-state index is 0.320. The van der Waals surface area contributed by atoms with E-state index in [1.807, 2.05) is 0 Å². The lowest BCUT2D eigenvalue weighted by Gasteiger charge is -1.98. The van der Waals surface area contributed by atoms with Crippen molar-refractivity contribution in [2.24, 2.45) is 0 Å². The molecule has 0 aromatic heterocycles. The second-order valence-electron chi connectivity index (χ2n) is 2.40. The van der Waals surface area contributed by atoms with Crippen LogP contribution in [-0.2, 0) is 0 Å². The number of hydroxylamine groups is 1. The Bertz CT molecular complexity index is 393. The molecule has 1 amide bonds. The second-order valence-corrected chi connectivity index (χ2v) is 2.40. The van der Waals surface area contributed by atoms with Crippen LogP contribution in [0.25, 0.3) is 0 Å². The van der Waals surface area contributed by atoms with Gasteiger partial charge < -0.3 is 0 Å². The first kappa shape index (κ1) is 10.1. The molecule has 0 atom stereocenters. The Morgan fingerprint density at radius 1 is 1.50 bits per heavy atom. The monoisotopic (exact) mass is 200 g/mol. The minimum Gasteiger partial charge on any atom is -0.288 e. The maximum Gasteiger partial charge on any atom is 0.274 e. The number of nitrogens with zero attached hydrogens (tertiary/aromatic N) is 1. The molecule has 0 aliphatic heterocycles. The van der Waals surface area contributed by atoms with E-state index in [0.29, 0.717) is 6.07 Å². The Kier molecular flexibility index (Phi) is 2.73. The van der Waals surface area contributed by atoms with E-state index in [0.717, 1.165) is 12.1 Å². The van der Waals surface area contributed by atoms with Gasteiger partial charge in [0.2, 0.25) is 0 Å². The summed E-state index contributed by atoms with van der Waals surface area (Å²) in [4.78, 5) is 20.2. The predicted molar refractivity (Wildman–Crippen MR) is 42.3 cm³/mol. The number of carbonyl (C=O) groups is 1. The van der Waals surface area contributed by atoms with Crippen LogP contribution in [0.3, 0.4) is 0 Å². The molecule has 0 fully saturated rings. The minimum atomic E-state index is -1.01. The molecule has 74 valence electrons. The number of benzene rings is 1. The Morgan fingerprint density at radius 2 is 2.14 bits per heavy atom. The summed E-state index contributed by atoms with van der Waals surface area (Å²) in [5.74, 6) is -1.93. The molecule has 0 saturated carbocycles. The van der Waals surface area contributed by atoms with Gasteiger partial charge in [0.1, 0.15) is 5.82 Å². The fourth-order valence-electron chi connectivity index (χ4n) is 0.875. The van der Waals surface area contributed by atoms with Crippen LogP contribution in [0.1, 0.15) is 10.4 Å². The molecular weight excluding hydrogens is 195 g/mol. The SMILES string of the molecule is O=C(NO)c1cc(F)cc([N+](=O)[O-])c1. The van der Waals surface area contributed by atoms with Crippen molar-refractivity contribution in [1.82, 2.24) is 5.48 Å². The molecule has 14 heavy (non-hydrogen) atoms. The van der Waals surface area contributed by atoms with E-state index in [1.54, 1.807) is 0 Å². The van der Waals surface area contributed by atoms with Crippen LogP contribution >= 0.6 is 0 Å². The van der Waals surface area contributed by atoms with Gasteiger partial charge in [-0.25, -0.2) is 9.87 Å². The Balaban J connectivity index is 3.20. The highest BCUT2D eigenvalue weighted by atomic mass is 19.1. The van der Waals surface area contributed by atoms with E-state index in [4.69, 9.17) is 5.21 Å². The van der Waals surface area contributed by atoms with Crippen molar-refractivity contribution in [2.45, 2.75) is 0 Å². The van der Waals surface area contributed by atoms with E-state index in [-0.39, 0.29) is 5.56 Å². The summed E-state index contributed by atoms with van der Waals surface area (Å²) in [6, 6.07) is 2.31. The van der Waals surface area contributed by atoms with Gasteiger partial charge in [0.25, 0.3) is 11.6 Å². The van der Waals surface area contributed by atoms with Crippen LogP contribution in [0.2, 0.25) is 0 Å². The molecule has 0 heterocycles. The largest absolute Gasteiger partial charge is 0.288 e. The van der Waals surface area contributed by atoms with Crippen LogP contribution in [0.5, 0.6) is 0 Å². The maximum absolute atomic E-state index is 12.7. The van der Waals surface area contributed by atoms with Crippen LogP contribution in [0.4, 0.5) is 10.1 Å². The van der Waals surface area contributed by atoms with Crippen LogP contribution in [0, 0.1) is 15.9 Å². The summed E-state index contributed by atoms with van der Waals surface area (Å²) in [5.41, 5.74) is 0.374. The molecule has 1 aromatic carbocycles. The van der Waals surface area contributed by atoms with Crippen molar-refractivity contribution >= 4 is 11.6 Å². The lowest BCUT2D eigenvalue weighted by molar-refractivity contribution is -0.385. The second kappa shape index (κ2) is 3.79. The maximum atomic E-state index is 12.7.